The average Bonchev–Trinajstić information content (AvgIpc) is 2.49. The van der Waals surface area contributed by atoms with Gasteiger partial charge < -0.3 is 11.1 Å². The molecule has 7 heteroatoms. The molecule has 0 aromatic carbocycles. The van der Waals surface area contributed by atoms with E-state index < -0.39 is 0 Å². The average molecular weight is 311 g/mol. The lowest BCUT2D eigenvalue weighted by Gasteiger charge is -2.34. The minimum Gasteiger partial charge on any atom is -0.369 e. The first-order valence-electron chi connectivity index (χ1n) is 6.93. The van der Waals surface area contributed by atoms with Crippen LogP contribution in [0.3, 0.4) is 0 Å². The molecule has 0 aliphatic carbocycles. The van der Waals surface area contributed by atoms with Crippen molar-refractivity contribution in [3.63, 3.8) is 0 Å². The van der Waals surface area contributed by atoms with Gasteiger partial charge in [-0.3, -0.25) is 14.5 Å². The number of pyridine rings is 1. The van der Waals surface area contributed by atoms with Crippen molar-refractivity contribution in [2.24, 2.45) is 11.7 Å². The summed E-state index contributed by atoms with van der Waals surface area (Å²) in [5.74, 6) is 0.0252. The van der Waals surface area contributed by atoms with E-state index in [4.69, 9.17) is 17.3 Å². The van der Waals surface area contributed by atoms with E-state index in [1.165, 1.54) is 6.20 Å². The number of carbonyl (C=O) groups is 2. The lowest BCUT2D eigenvalue weighted by molar-refractivity contribution is -0.124. The number of halogens is 1. The number of piperidine rings is 1. The molecule has 114 valence electrons. The molecule has 21 heavy (non-hydrogen) atoms. The molecule has 0 saturated carbocycles. The minimum absolute atomic E-state index is 0.0746. The quantitative estimate of drug-likeness (QED) is 0.876. The molecule has 6 nitrogen and oxygen atoms in total. The third-order valence-electron chi connectivity index (χ3n) is 3.84. The number of hydrogen-bond donors (Lipinski definition) is 2. The van der Waals surface area contributed by atoms with Crippen LogP contribution in [-0.4, -0.2) is 40.8 Å². The maximum absolute atomic E-state index is 12.2. The molecule has 1 aliphatic heterocycles. The number of nitrogens with two attached hydrogens (primary N) is 1. The molecule has 2 rings (SSSR count). The van der Waals surface area contributed by atoms with Crippen LogP contribution in [-0.2, 0) is 9.59 Å². The van der Waals surface area contributed by atoms with Gasteiger partial charge in [-0.25, -0.2) is 4.98 Å². The van der Waals surface area contributed by atoms with Crippen molar-refractivity contribution in [1.82, 2.24) is 9.88 Å². The monoisotopic (exact) mass is 310 g/mol. The number of likely N-dealkylation sites (tertiary alicyclic amines) is 1. The van der Waals surface area contributed by atoms with E-state index in [0.717, 1.165) is 0 Å². The Morgan fingerprint density at radius 1 is 1.43 bits per heavy atom. The largest absolute Gasteiger partial charge is 0.369 e. The molecular weight excluding hydrogens is 292 g/mol. The minimum atomic E-state index is -0.281. The number of hydrogen-bond acceptors (Lipinski definition) is 4. The van der Waals surface area contributed by atoms with Gasteiger partial charge in [0, 0.05) is 12.1 Å². The first-order valence-corrected chi connectivity index (χ1v) is 7.31. The lowest BCUT2D eigenvalue weighted by Crippen LogP contribution is -2.47. The Labute approximate surface area is 128 Å². The second-order valence-electron chi connectivity index (χ2n) is 5.24. The van der Waals surface area contributed by atoms with Crippen LogP contribution in [0.1, 0.15) is 19.8 Å². The lowest BCUT2D eigenvalue weighted by atomic mass is 9.95. The number of carbonyl (C=O) groups excluding carboxylic acids is 2. The van der Waals surface area contributed by atoms with E-state index >= 15 is 0 Å². The topological polar surface area (TPSA) is 88.3 Å². The van der Waals surface area contributed by atoms with Gasteiger partial charge in [0.2, 0.25) is 11.8 Å². The molecule has 1 aromatic heterocycles. The van der Waals surface area contributed by atoms with Gasteiger partial charge in [-0.15, -0.1) is 0 Å². The molecular formula is C14H19ClN4O2. The smallest absolute Gasteiger partial charge is 0.242 e. The molecule has 2 heterocycles. The van der Waals surface area contributed by atoms with Crippen molar-refractivity contribution in [2.45, 2.75) is 25.8 Å². The Bertz CT molecular complexity index is 512. The van der Waals surface area contributed by atoms with Crippen molar-refractivity contribution < 1.29 is 9.59 Å². The van der Waals surface area contributed by atoms with Crippen molar-refractivity contribution in [3.8, 4) is 0 Å². The van der Waals surface area contributed by atoms with Gasteiger partial charge in [0.15, 0.2) is 0 Å². The fourth-order valence-electron chi connectivity index (χ4n) is 2.42. The summed E-state index contributed by atoms with van der Waals surface area (Å²) in [5.41, 5.74) is 5.31. The molecule has 0 spiro atoms. The molecule has 0 radical (unpaired) electrons. The highest BCUT2D eigenvalue weighted by Gasteiger charge is 2.28. The zero-order valence-electron chi connectivity index (χ0n) is 11.9. The molecule has 0 bridgehead atoms. The van der Waals surface area contributed by atoms with Gasteiger partial charge in [0.1, 0.15) is 5.82 Å². The van der Waals surface area contributed by atoms with Crippen LogP contribution in [0.15, 0.2) is 18.3 Å². The summed E-state index contributed by atoms with van der Waals surface area (Å²) in [6, 6.07) is 3.05. The van der Waals surface area contributed by atoms with Gasteiger partial charge >= 0.3 is 0 Å². The number of amides is 2. The molecule has 0 unspecified atom stereocenters. The van der Waals surface area contributed by atoms with Crippen molar-refractivity contribution >= 4 is 29.2 Å². The molecule has 2 amide bonds. The molecule has 3 N–H and O–H groups in total. The molecule has 1 saturated heterocycles. The summed E-state index contributed by atoms with van der Waals surface area (Å²) < 4.78 is 0. The zero-order valence-corrected chi connectivity index (χ0v) is 12.6. The zero-order chi connectivity index (χ0) is 15.4. The van der Waals surface area contributed by atoms with E-state index in [-0.39, 0.29) is 23.8 Å². The number of aromatic nitrogens is 1. The van der Waals surface area contributed by atoms with E-state index in [0.29, 0.717) is 36.8 Å². The van der Waals surface area contributed by atoms with Crippen LogP contribution < -0.4 is 11.1 Å². The van der Waals surface area contributed by atoms with E-state index in [2.05, 4.69) is 10.3 Å². The Morgan fingerprint density at radius 3 is 2.62 bits per heavy atom. The second kappa shape index (κ2) is 6.87. The standard InChI is InChI=1S/C14H19ClN4O2/c1-9(19-6-4-10(5-7-19)13(16)20)14(21)18-12-3-2-11(15)8-17-12/h2-3,8-10H,4-7H2,1H3,(H2,16,20)(H,17,18,21)/t9-/m0/s1. The summed E-state index contributed by atoms with van der Waals surface area (Å²) in [6.07, 6.45) is 2.89. The maximum atomic E-state index is 12.2. The molecule has 1 fully saturated rings. The van der Waals surface area contributed by atoms with Crippen LogP contribution in [0.4, 0.5) is 5.82 Å². The van der Waals surface area contributed by atoms with E-state index in [1.54, 1.807) is 12.1 Å². The highest BCUT2D eigenvalue weighted by atomic mass is 35.5. The van der Waals surface area contributed by atoms with Crippen LogP contribution in [0.5, 0.6) is 0 Å². The normalized spacial score (nSPS) is 18.2. The number of rotatable bonds is 4. The van der Waals surface area contributed by atoms with Crippen LogP contribution in [0.25, 0.3) is 0 Å². The van der Waals surface area contributed by atoms with Gasteiger partial charge in [0.25, 0.3) is 0 Å². The maximum Gasteiger partial charge on any atom is 0.242 e. The third kappa shape index (κ3) is 4.15. The highest BCUT2D eigenvalue weighted by molar-refractivity contribution is 6.30. The van der Waals surface area contributed by atoms with Crippen molar-refractivity contribution in [2.75, 3.05) is 18.4 Å². The molecule has 1 aliphatic rings. The Balaban J connectivity index is 1.88. The molecule has 1 atom stereocenters. The van der Waals surface area contributed by atoms with Crippen LogP contribution in [0, 0.1) is 5.92 Å². The predicted octanol–water partition coefficient (Wildman–Crippen LogP) is 1.26. The van der Waals surface area contributed by atoms with Gasteiger partial charge in [0.05, 0.1) is 11.1 Å². The van der Waals surface area contributed by atoms with Gasteiger partial charge in [-0.1, -0.05) is 11.6 Å². The highest BCUT2D eigenvalue weighted by Crippen LogP contribution is 2.19. The molecule has 1 aromatic rings. The fraction of sp³-hybridized carbons (Fsp3) is 0.500. The Kier molecular flexibility index (Phi) is 5.14. The second-order valence-corrected chi connectivity index (χ2v) is 5.68. The van der Waals surface area contributed by atoms with Crippen LogP contribution in [0.2, 0.25) is 5.02 Å². The fourth-order valence-corrected chi connectivity index (χ4v) is 2.53. The summed E-state index contributed by atoms with van der Waals surface area (Å²) in [5, 5.41) is 3.28. The summed E-state index contributed by atoms with van der Waals surface area (Å²) >= 11 is 5.75. The third-order valence-corrected chi connectivity index (χ3v) is 4.06. The number of nitrogens with zero attached hydrogens (tertiary/aromatic N) is 2. The van der Waals surface area contributed by atoms with Gasteiger partial charge in [-0.05, 0) is 45.0 Å². The SMILES string of the molecule is C[C@@H](C(=O)Nc1ccc(Cl)cn1)N1CCC(C(N)=O)CC1. The number of anilines is 1. The van der Waals surface area contributed by atoms with Gasteiger partial charge in [-0.2, -0.15) is 0 Å². The van der Waals surface area contributed by atoms with Crippen molar-refractivity contribution in [1.29, 1.82) is 0 Å². The Hall–Kier alpha value is -1.66. The summed E-state index contributed by atoms with van der Waals surface area (Å²) in [7, 11) is 0. The summed E-state index contributed by atoms with van der Waals surface area (Å²) in [6.45, 7) is 3.22. The first kappa shape index (κ1) is 15.7. The first-order chi connectivity index (χ1) is 9.97. The summed E-state index contributed by atoms with van der Waals surface area (Å²) in [4.78, 5) is 29.4. The van der Waals surface area contributed by atoms with Crippen LogP contribution >= 0.6 is 11.6 Å². The van der Waals surface area contributed by atoms with E-state index in [9.17, 15) is 9.59 Å². The van der Waals surface area contributed by atoms with Crippen molar-refractivity contribution in [3.05, 3.63) is 23.4 Å². The Morgan fingerprint density at radius 2 is 2.10 bits per heavy atom. The predicted molar refractivity (Wildman–Crippen MR) is 80.8 cm³/mol. The van der Waals surface area contributed by atoms with E-state index in [1.807, 2.05) is 11.8 Å². The number of primary amides is 1. The number of nitrogens with one attached hydrogen (secondary N) is 1.